The largest absolute Gasteiger partial charge is 0.354 e. The van der Waals surface area contributed by atoms with Crippen LogP contribution in [0, 0.1) is 0 Å². The third kappa shape index (κ3) is 9.21. The van der Waals surface area contributed by atoms with Gasteiger partial charge in [-0.1, -0.05) is 112 Å². The Hall–Kier alpha value is -4.14. The van der Waals surface area contributed by atoms with E-state index < -0.39 is 28.5 Å². The zero-order valence-corrected chi connectivity index (χ0v) is 28.2. The van der Waals surface area contributed by atoms with Crippen LogP contribution in [0.25, 0.3) is 0 Å². The number of carbonyl (C=O) groups is 2. The highest BCUT2D eigenvalue weighted by molar-refractivity contribution is 7.92. The SMILES string of the molecule is CCCCNC(=O)[C@@H](Cc1ccccc1)N(Cc1cccc(Cl)c1)C(=O)CN(c1ccc(C(C)C)cc1)S(=O)(=O)c1ccccc1. The summed E-state index contributed by atoms with van der Waals surface area (Å²) in [4.78, 5) is 29.9. The first-order valence-electron chi connectivity index (χ1n) is 15.6. The maximum Gasteiger partial charge on any atom is 0.264 e. The summed E-state index contributed by atoms with van der Waals surface area (Å²) < 4.78 is 29.4. The molecule has 0 bridgehead atoms. The van der Waals surface area contributed by atoms with Gasteiger partial charge in [0.25, 0.3) is 10.0 Å². The van der Waals surface area contributed by atoms with Crippen LogP contribution < -0.4 is 9.62 Å². The van der Waals surface area contributed by atoms with Gasteiger partial charge in [0.1, 0.15) is 12.6 Å². The Bertz CT molecular complexity index is 1680. The number of hydrogen-bond acceptors (Lipinski definition) is 4. The maximum atomic E-state index is 14.5. The molecule has 4 aromatic rings. The Morgan fingerprint density at radius 1 is 0.826 bits per heavy atom. The molecule has 46 heavy (non-hydrogen) atoms. The van der Waals surface area contributed by atoms with E-state index in [1.54, 1.807) is 48.5 Å². The first-order valence-corrected chi connectivity index (χ1v) is 17.4. The molecule has 0 saturated carbocycles. The molecular formula is C37H42ClN3O4S. The van der Waals surface area contributed by atoms with E-state index in [0.717, 1.165) is 33.8 Å². The molecule has 1 atom stereocenters. The molecule has 0 heterocycles. The van der Waals surface area contributed by atoms with Crippen molar-refractivity contribution in [3.63, 3.8) is 0 Å². The second-order valence-corrected chi connectivity index (χ2v) is 13.9. The van der Waals surface area contributed by atoms with Crippen molar-refractivity contribution in [1.29, 1.82) is 0 Å². The standard InChI is InChI=1S/C37H42ClN3O4S/c1-4-5-23-39-37(43)35(25-29-13-8-6-9-14-29)40(26-30-15-12-16-32(38)24-30)36(42)27-41(33-21-19-31(20-22-33)28(2)3)46(44,45)34-17-10-7-11-18-34/h6-22,24,28,35H,4-5,23,25-27H2,1-3H3,(H,39,43)/t35-/m1/s1. The van der Waals surface area contributed by atoms with Gasteiger partial charge in [-0.3, -0.25) is 13.9 Å². The van der Waals surface area contributed by atoms with Crippen LogP contribution in [0.4, 0.5) is 5.69 Å². The van der Waals surface area contributed by atoms with Gasteiger partial charge in [0.2, 0.25) is 11.8 Å². The molecule has 0 fully saturated rings. The predicted molar refractivity (Wildman–Crippen MR) is 185 cm³/mol. The van der Waals surface area contributed by atoms with E-state index in [4.69, 9.17) is 11.6 Å². The monoisotopic (exact) mass is 659 g/mol. The van der Waals surface area contributed by atoms with Gasteiger partial charge in [0, 0.05) is 24.5 Å². The molecule has 0 spiro atoms. The van der Waals surface area contributed by atoms with Crippen molar-refractivity contribution in [1.82, 2.24) is 10.2 Å². The number of nitrogens with one attached hydrogen (secondary N) is 1. The Morgan fingerprint density at radius 2 is 1.46 bits per heavy atom. The molecule has 4 aromatic carbocycles. The molecule has 0 aliphatic rings. The van der Waals surface area contributed by atoms with Crippen molar-refractivity contribution in [2.24, 2.45) is 0 Å². The summed E-state index contributed by atoms with van der Waals surface area (Å²) >= 11 is 6.32. The lowest BCUT2D eigenvalue weighted by atomic mass is 10.0. The number of rotatable bonds is 15. The molecule has 9 heteroatoms. The Labute approximate surface area is 278 Å². The number of sulfonamides is 1. The maximum absolute atomic E-state index is 14.5. The van der Waals surface area contributed by atoms with Crippen molar-refractivity contribution in [2.45, 2.75) is 63.4 Å². The third-order valence-electron chi connectivity index (χ3n) is 7.80. The quantitative estimate of drug-likeness (QED) is 0.137. The van der Waals surface area contributed by atoms with Crippen molar-refractivity contribution >= 4 is 39.1 Å². The van der Waals surface area contributed by atoms with Crippen LogP contribution in [0.1, 0.15) is 56.2 Å². The summed E-state index contributed by atoms with van der Waals surface area (Å²) in [5.74, 6) is -0.571. The molecule has 0 saturated heterocycles. The van der Waals surface area contributed by atoms with Gasteiger partial charge in [-0.15, -0.1) is 0 Å². The molecule has 7 nitrogen and oxygen atoms in total. The van der Waals surface area contributed by atoms with E-state index >= 15 is 0 Å². The summed E-state index contributed by atoms with van der Waals surface area (Å²) in [6.07, 6.45) is 1.94. The van der Waals surface area contributed by atoms with E-state index in [-0.39, 0.29) is 29.7 Å². The van der Waals surface area contributed by atoms with Crippen LogP contribution in [0.15, 0.2) is 114 Å². The highest BCUT2D eigenvalue weighted by Crippen LogP contribution is 2.27. The van der Waals surface area contributed by atoms with E-state index in [0.29, 0.717) is 17.3 Å². The first kappa shape index (κ1) is 34.7. The molecule has 0 radical (unpaired) electrons. The Balaban J connectivity index is 1.79. The number of anilines is 1. The van der Waals surface area contributed by atoms with Crippen LogP contribution in [0.5, 0.6) is 0 Å². The Morgan fingerprint density at radius 3 is 2.07 bits per heavy atom. The van der Waals surface area contributed by atoms with Crippen molar-refractivity contribution < 1.29 is 18.0 Å². The second kappa shape index (κ2) is 16.4. The number of halogens is 1. The van der Waals surface area contributed by atoms with Gasteiger partial charge in [-0.2, -0.15) is 0 Å². The van der Waals surface area contributed by atoms with Gasteiger partial charge in [-0.05, 0) is 65.4 Å². The average Bonchev–Trinajstić information content (AvgIpc) is 3.06. The molecule has 4 rings (SSSR count). The van der Waals surface area contributed by atoms with Crippen LogP contribution >= 0.6 is 11.6 Å². The summed E-state index contributed by atoms with van der Waals surface area (Å²) in [5.41, 5.74) is 3.00. The fraction of sp³-hybridized carbons (Fsp3) is 0.297. The lowest BCUT2D eigenvalue weighted by Gasteiger charge is -2.34. The molecule has 0 aliphatic carbocycles. The van der Waals surface area contributed by atoms with Crippen molar-refractivity contribution in [3.8, 4) is 0 Å². The fourth-order valence-corrected chi connectivity index (χ4v) is 6.81. The number of nitrogens with zero attached hydrogens (tertiary/aromatic N) is 2. The summed E-state index contributed by atoms with van der Waals surface area (Å²) in [5, 5.41) is 3.50. The molecule has 1 N–H and O–H groups in total. The summed E-state index contributed by atoms with van der Waals surface area (Å²) in [6.45, 7) is 6.18. The van der Waals surface area contributed by atoms with Crippen molar-refractivity contribution in [3.05, 3.63) is 131 Å². The van der Waals surface area contributed by atoms with E-state index in [1.807, 2.05) is 55.5 Å². The normalized spacial score (nSPS) is 12.0. The molecule has 0 unspecified atom stereocenters. The molecule has 0 aliphatic heterocycles. The van der Waals surface area contributed by atoms with Gasteiger partial charge >= 0.3 is 0 Å². The number of amides is 2. The number of carbonyl (C=O) groups excluding carboxylic acids is 2. The second-order valence-electron chi connectivity index (χ2n) is 11.6. The first-order chi connectivity index (χ1) is 22.1. The Kier molecular flexibility index (Phi) is 12.4. The summed E-state index contributed by atoms with van der Waals surface area (Å²) in [7, 11) is -4.15. The van der Waals surface area contributed by atoms with Crippen LogP contribution in [0.2, 0.25) is 5.02 Å². The average molecular weight is 660 g/mol. The van der Waals surface area contributed by atoms with E-state index in [2.05, 4.69) is 19.2 Å². The highest BCUT2D eigenvalue weighted by Gasteiger charge is 2.34. The zero-order chi connectivity index (χ0) is 33.1. The van der Waals surface area contributed by atoms with Crippen LogP contribution in [-0.2, 0) is 32.6 Å². The predicted octanol–water partition coefficient (Wildman–Crippen LogP) is 7.22. The topological polar surface area (TPSA) is 86.8 Å². The number of hydrogen-bond donors (Lipinski definition) is 1. The van der Waals surface area contributed by atoms with Gasteiger partial charge in [0.15, 0.2) is 0 Å². The zero-order valence-electron chi connectivity index (χ0n) is 26.6. The molecule has 0 aromatic heterocycles. The smallest absolute Gasteiger partial charge is 0.264 e. The third-order valence-corrected chi connectivity index (χ3v) is 9.82. The van der Waals surface area contributed by atoms with Gasteiger partial charge < -0.3 is 10.2 Å². The lowest BCUT2D eigenvalue weighted by molar-refractivity contribution is -0.140. The summed E-state index contributed by atoms with van der Waals surface area (Å²) in [6, 6.07) is 31.0. The van der Waals surface area contributed by atoms with E-state index in [9.17, 15) is 18.0 Å². The molecular weight excluding hydrogens is 618 g/mol. The number of benzene rings is 4. The van der Waals surface area contributed by atoms with E-state index in [1.165, 1.54) is 17.0 Å². The van der Waals surface area contributed by atoms with Gasteiger partial charge in [-0.25, -0.2) is 8.42 Å². The molecule has 2 amide bonds. The van der Waals surface area contributed by atoms with Gasteiger partial charge in [0.05, 0.1) is 10.6 Å². The minimum absolute atomic E-state index is 0.0591. The minimum atomic E-state index is -4.15. The number of unbranched alkanes of at least 4 members (excludes halogenated alkanes) is 1. The minimum Gasteiger partial charge on any atom is -0.354 e. The van der Waals surface area contributed by atoms with Crippen molar-refractivity contribution in [2.75, 3.05) is 17.4 Å². The van der Waals surface area contributed by atoms with Crippen LogP contribution in [0.3, 0.4) is 0 Å². The highest BCUT2D eigenvalue weighted by atomic mass is 35.5. The molecule has 242 valence electrons. The lowest BCUT2D eigenvalue weighted by Crippen LogP contribution is -2.53. The van der Waals surface area contributed by atoms with Crippen LogP contribution in [-0.4, -0.2) is 44.3 Å². The fourth-order valence-electron chi connectivity index (χ4n) is 5.17.